The molecule has 73 heavy (non-hydrogen) atoms. The Morgan fingerprint density at radius 2 is 0.548 bits per heavy atom. The van der Waals surface area contributed by atoms with Crippen LogP contribution in [0.2, 0.25) is 0 Å². The van der Waals surface area contributed by atoms with Gasteiger partial charge in [-0.1, -0.05) is 247 Å². The minimum Gasteiger partial charge on any atom is -0.311 e. The van der Waals surface area contributed by atoms with Crippen LogP contribution in [0.4, 0.5) is 34.1 Å². The van der Waals surface area contributed by atoms with Gasteiger partial charge in [0, 0.05) is 33.9 Å². The minimum absolute atomic E-state index is 0.0459. The predicted molar refractivity (Wildman–Crippen MR) is 317 cm³/mol. The molecule has 0 bridgehead atoms. The normalized spacial score (nSPS) is 13.4. The van der Waals surface area contributed by atoms with Gasteiger partial charge in [-0.05, 0) is 130 Å². The predicted octanol–water partition coefficient (Wildman–Crippen LogP) is 17.6. The highest BCUT2D eigenvalue weighted by molar-refractivity contribution is 7.00. The summed E-state index contributed by atoms with van der Waals surface area (Å²) in [4.78, 5) is 5.22. The number of hydrogen-bond acceptors (Lipinski definition) is 2. The number of para-hydroxylation sites is 2. The van der Waals surface area contributed by atoms with E-state index in [0.717, 1.165) is 0 Å². The van der Waals surface area contributed by atoms with Gasteiger partial charge in [0.1, 0.15) is 0 Å². The zero-order valence-electron chi connectivity index (χ0n) is 45.0. The number of benzene rings is 9. The summed E-state index contributed by atoms with van der Waals surface area (Å²) in [6.07, 6.45) is 0. The summed E-state index contributed by atoms with van der Waals surface area (Å²) in [5.74, 6) is 0. The van der Waals surface area contributed by atoms with Gasteiger partial charge in [0.15, 0.2) is 0 Å². The summed E-state index contributed by atoms with van der Waals surface area (Å²) in [7, 11) is 0. The van der Waals surface area contributed by atoms with Crippen molar-refractivity contribution in [2.75, 3.05) is 9.80 Å². The number of rotatable bonds is 6. The quantitative estimate of drug-likeness (QED) is 0.153. The summed E-state index contributed by atoms with van der Waals surface area (Å²) >= 11 is 0. The van der Waals surface area contributed by atoms with Gasteiger partial charge < -0.3 is 9.80 Å². The van der Waals surface area contributed by atoms with Crippen molar-refractivity contribution in [3.05, 3.63) is 222 Å². The van der Waals surface area contributed by atoms with E-state index in [1.54, 1.807) is 0 Å². The average Bonchev–Trinajstić information content (AvgIpc) is 3.37. The molecule has 0 aromatic heterocycles. The van der Waals surface area contributed by atoms with E-state index in [0.29, 0.717) is 0 Å². The molecular formula is C70H69BN2. The van der Waals surface area contributed by atoms with Crippen LogP contribution in [-0.2, 0) is 21.7 Å². The number of anilines is 6. The lowest BCUT2D eigenvalue weighted by atomic mass is 9.33. The molecule has 0 unspecified atom stereocenters. The molecule has 0 aliphatic carbocycles. The largest absolute Gasteiger partial charge is 0.311 e. The molecule has 2 heterocycles. The lowest BCUT2D eigenvalue weighted by Gasteiger charge is -2.45. The van der Waals surface area contributed by atoms with Crippen molar-refractivity contribution in [3.8, 4) is 44.5 Å². The highest BCUT2D eigenvalue weighted by Crippen LogP contribution is 2.51. The van der Waals surface area contributed by atoms with E-state index in [9.17, 15) is 0 Å². The Hall–Kier alpha value is -7.36. The van der Waals surface area contributed by atoms with E-state index in [2.05, 4.69) is 293 Å². The smallest absolute Gasteiger partial charge is 0.252 e. The van der Waals surface area contributed by atoms with Gasteiger partial charge in [-0.15, -0.1) is 0 Å². The fourth-order valence-electron chi connectivity index (χ4n) is 12.1. The Morgan fingerprint density at radius 3 is 0.904 bits per heavy atom. The molecule has 2 aliphatic heterocycles. The zero-order valence-corrected chi connectivity index (χ0v) is 45.0. The molecule has 3 heteroatoms. The Balaban J connectivity index is 1.25. The molecular weight excluding hydrogens is 880 g/mol. The summed E-state index contributed by atoms with van der Waals surface area (Å²) in [6.45, 7) is 27.9. The molecule has 0 N–H and O–H groups in total. The van der Waals surface area contributed by atoms with Crippen molar-refractivity contribution in [1.82, 2.24) is 0 Å². The molecule has 0 fully saturated rings. The first-order valence-electron chi connectivity index (χ1n) is 26.4. The Labute approximate surface area is 436 Å². The van der Waals surface area contributed by atoms with Crippen LogP contribution in [0, 0.1) is 0 Å². The van der Waals surface area contributed by atoms with Crippen LogP contribution < -0.4 is 26.2 Å². The number of nitrogens with zero attached hydrogens (tertiary/aromatic N) is 2. The molecule has 0 saturated heterocycles. The Kier molecular flexibility index (Phi) is 11.6. The van der Waals surface area contributed by atoms with Crippen molar-refractivity contribution in [2.24, 2.45) is 0 Å². The second-order valence-corrected chi connectivity index (χ2v) is 24.6. The lowest BCUT2D eigenvalue weighted by Crippen LogP contribution is -2.61. The van der Waals surface area contributed by atoms with Crippen LogP contribution in [0.5, 0.6) is 0 Å². The average molecular weight is 949 g/mol. The maximum absolute atomic E-state index is 2.61. The van der Waals surface area contributed by atoms with Crippen LogP contribution in [0.1, 0.15) is 105 Å². The molecule has 0 radical (unpaired) electrons. The maximum Gasteiger partial charge on any atom is 0.252 e. The van der Waals surface area contributed by atoms with Crippen LogP contribution in [0.3, 0.4) is 0 Å². The van der Waals surface area contributed by atoms with Crippen molar-refractivity contribution in [2.45, 2.75) is 105 Å². The summed E-state index contributed by atoms with van der Waals surface area (Å²) in [5, 5.41) is 0. The van der Waals surface area contributed by atoms with E-state index in [4.69, 9.17) is 0 Å². The van der Waals surface area contributed by atoms with Crippen LogP contribution in [-0.4, -0.2) is 6.71 Å². The fraction of sp³-hybridized carbons (Fsp3) is 0.229. The molecule has 11 rings (SSSR count). The topological polar surface area (TPSA) is 6.48 Å². The third kappa shape index (κ3) is 8.32. The van der Waals surface area contributed by atoms with Gasteiger partial charge >= 0.3 is 0 Å². The van der Waals surface area contributed by atoms with Gasteiger partial charge in [-0.25, -0.2) is 0 Å². The van der Waals surface area contributed by atoms with Gasteiger partial charge in [0.05, 0.1) is 11.4 Å². The van der Waals surface area contributed by atoms with E-state index in [1.807, 2.05) is 0 Å². The number of hydrogen-bond donors (Lipinski definition) is 0. The van der Waals surface area contributed by atoms with Crippen molar-refractivity contribution >= 4 is 57.2 Å². The SMILES string of the molecule is CC(C)(C)c1ccccc1-c1ccc2c(c1)N(c1ccccc1-c1ccccc1C(C)(C)C)c1cccc3c1B2c1ccc(-c2ccccc2C(C)(C)C)cc1N3c1ccccc1-c1ccccc1C(C)(C)C. The van der Waals surface area contributed by atoms with Gasteiger partial charge in [-0.3, -0.25) is 0 Å². The molecule has 9 aromatic rings. The van der Waals surface area contributed by atoms with Crippen molar-refractivity contribution in [3.63, 3.8) is 0 Å². The minimum atomic E-state index is -0.0696. The van der Waals surface area contributed by atoms with Gasteiger partial charge in [-0.2, -0.15) is 0 Å². The van der Waals surface area contributed by atoms with E-state index < -0.39 is 0 Å². The summed E-state index contributed by atoms with van der Waals surface area (Å²) in [6, 6.07) is 76.1. The first-order chi connectivity index (χ1) is 34.8. The van der Waals surface area contributed by atoms with Crippen LogP contribution >= 0.6 is 0 Å². The third-order valence-corrected chi connectivity index (χ3v) is 15.4. The first-order valence-corrected chi connectivity index (χ1v) is 26.4. The van der Waals surface area contributed by atoms with Crippen molar-refractivity contribution < 1.29 is 0 Å². The van der Waals surface area contributed by atoms with Crippen LogP contribution in [0.15, 0.2) is 200 Å². The second kappa shape index (κ2) is 17.7. The molecule has 2 nitrogen and oxygen atoms in total. The molecule has 362 valence electrons. The van der Waals surface area contributed by atoms with E-state index >= 15 is 0 Å². The molecule has 0 amide bonds. The summed E-state index contributed by atoms with van der Waals surface area (Å²) < 4.78 is 0. The van der Waals surface area contributed by atoms with E-state index in [1.165, 1.54) is 117 Å². The molecule has 0 atom stereocenters. The molecule has 0 saturated carbocycles. The van der Waals surface area contributed by atoms with Gasteiger partial charge in [0.2, 0.25) is 0 Å². The highest BCUT2D eigenvalue weighted by Gasteiger charge is 2.44. The first kappa shape index (κ1) is 47.9. The number of fused-ring (bicyclic) bond motifs is 4. The second-order valence-electron chi connectivity index (χ2n) is 24.6. The highest BCUT2D eigenvalue weighted by atomic mass is 15.2. The van der Waals surface area contributed by atoms with Crippen LogP contribution in [0.25, 0.3) is 44.5 Å². The fourth-order valence-corrected chi connectivity index (χ4v) is 12.1. The van der Waals surface area contributed by atoms with Gasteiger partial charge in [0.25, 0.3) is 6.71 Å². The summed E-state index contributed by atoms with van der Waals surface area (Å²) in [5.41, 5.74) is 26.1. The lowest BCUT2D eigenvalue weighted by molar-refractivity contribution is 0.591. The Morgan fingerprint density at radius 1 is 0.260 bits per heavy atom. The Bertz CT molecular complexity index is 3350. The molecule has 0 spiro atoms. The van der Waals surface area contributed by atoms with E-state index in [-0.39, 0.29) is 28.4 Å². The zero-order chi connectivity index (χ0) is 51.2. The molecule has 2 aliphatic rings. The monoisotopic (exact) mass is 949 g/mol. The maximum atomic E-state index is 2.61. The van der Waals surface area contributed by atoms with Crippen molar-refractivity contribution in [1.29, 1.82) is 0 Å². The molecule has 9 aromatic carbocycles. The standard InChI is InChI=1S/C70H69BN2/c1-67(2,3)54-32-19-13-26-48(54)46-40-42-58-64(44-46)72(60-36-23-17-30-52(60)50-28-15-21-34-56(50)69(7,8)9)62-38-25-39-63-66(62)71(58)59-43-41-47(49-27-14-20-33-55(49)68(4,5)6)45-65(59)73(63)61-37-24-18-31-53(61)51-29-16-22-35-57(51)70(10,11)12/h13-45H,1-12H3. The third-order valence-electron chi connectivity index (χ3n) is 15.4.